The number of fused-ring (bicyclic) bond motifs is 16. The topological polar surface area (TPSA) is 369 Å². The Bertz CT molecular complexity index is 3880. The van der Waals surface area contributed by atoms with E-state index >= 15 is 0 Å². The molecule has 7 aromatic heterocycles. The van der Waals surface area contributed by atoms with Crippen LogP contribution < -0.4 is 32.7 Å². The molecule has 25 nitrogen and oxygen atoms in total. The molecule has 0 radical (unpaired) electrons. The molecule has 8 amide bonds. The Hall–Kier alpha value is -8.33. The van der Waals surface area contributed by atoms with Gasteiger partial charge in [-0.1, -0.05) is 37.3 Å². The van der Waals surface area contributed by atoms with E-state index in [1.807, 2.05) is 0 Å². The smallest absolute Gasteiger partial charge is 0.407 e. The van der Waals surface area contributed by atoms with E-state index in [0.29, 0.717) is 58.8 Å². The van der Waals surface area contributed by atoms with Crippen LogP contribution in [0.5, 0.6) is 0 Å². The van der Waals surface area contributed by atoms with E-state index in [-0.39, 0.29) is 58.7 Å². The quantitative estimate of drug-likeness (QED) is 0.0486. The summed E-state index contributed by atoms with van der Waals surface area (Å²) in [7, 11) is 0. The van der Waals surface area contributed by atoms with Crippen LogP contribution in [0.2, 0.25) is 0 Å². The Morgan fingerprint density at radius 1 is 0.741 bits per heavy atom. The fraction of sp³-hybridized carbons (Fsp3) is 0.315. The van der Waals surface area contributed by atoms with Crippen molar-refractivity contribution in [3.63, 3.8) is 0 Å². The number of aromatic nitrogens is 7. The highest BCUT2D eigenvalue weighted by Gasteiger charge is 2.47. The number of ether oxygens (including phenoxy) is 2. The number of nitrogens with one attached hydrogen (secondary N) is 4. The average Bonchev–Trinajstić information content (AvgIpc) is 3.11. The van der Waals surface area contributed by atoms with Crippen LogP contribution in [0, 0.1) is 12.8 Å². The zero-order valence-electron chi connectivity index (χ0n) is 45.6. The van der Waals surface area contributed by atoms with Crippen molar-refractivity contribution in [2.24, 2.45) is 17.4 Å². The number of alkyl carbamates (subject to hydrolysis) is 1. The van der Waals surface area contributed by atoms with Crippen molar-refractivity contribution in [2.45, 2.75) is 89.8 Å². The number of thiazole rings is 6. The van der Waals surface area contributed by atoms with Gasteiger partial charge in [0.15, 0.2) is 0 Å². The maximum Gasteiger partial charge on any atom is 0.407 e. The number of nitrogens with two attached hydrogens (primary N) is 2. The molecule has 0 spiro atoms. The predicted octanol–water partition coefficient (Wildman–Crippen LogP) is 7.52. The molecule has 440 valence electrons. The van der Waals surface area contributed by atoms with Crippen LogP contribution in [0.15, 0.2) is 69.4 Å². The molecule has 0 aliphatic carbocycles. The Morgan fingerprint density at radius 3 is 2.15 bits per heavy atom. The van der Waals surface area contributed by atoms with Crippen molar-refractivity contribution in [1.29, 1.82) is 0 Å². The highest BCUT2D eigenvalue weighted by molar-refractivity contribution is 7.15. The van der Waals surface area contributed by atoms with Crippen LogP contribution in [0.4, 0.5) is 9.59 Å². The summed E-state index contributed by atoms with van der Waals surface area (Å²) in [5, 5.41) is 32.4. The molecule has 2 aliphatic heterocycles. The van der Waals surface area contributed by atoms with Crippen LogP contribution in [-0.4, -0.2) is 117 Å². The molecule has 1 aromatic carbocycles. The Morgan fingerprint density at radius 2 is 1.41 bits per heavy atom. The minimum absolute atomic E-state index is 0.0321. The van der Waals surface area contributed by atoms with E-state index in [2.05, 4.69) is 36.2 Å². The number of nitrogens with zero attached hydrogens (tertiary/aromatic N) is 8. The molecule has 9 heterocycles. The standard InChI is InChI=1S/C54H52N14O11S6/c1-23-34(78-53(77)57-15-9-12-36(70)79-54(3,4)5)17-68-40(23)51-64-33(22-84-51)48-60-29(18-81-48)38-26(13-14-27(58-38)47-61-30(19-82-47)42(56)72)46-62-31(20-80-46)43(73)59-28(16-35(55)69)49-66-37(24(2)85-49)45(75)65-39(41(71)25-10-7-6-8-11-25)50-63-32(21-83-50)44(74)67-52(68)76/h6-8,10-11,13-14,18-23,28,34,39-41,71H,9,12,15-17H2,1-5H3,(H2,55,69)(H2,56,72)(H,57,77)(H,59,73)(H,65,75)(H,67,74,76)/t23-,28-,34-,39-,40-,41+/m0/s1. The lowest BCUT2D eigenvalue weighted by Gasteiger charge is -2.24. The monoisotopic (exact) mass is 1260 g/mol. The molecular weight excluding hydrogens is 1210 g/mol. The lowest BCUT2D eigenvalue weighted by molar-refractivity contribution is -0.154. The SMILES string of the molecule is Cc1sc2nc1C(=O)N[C@@H]([C@H](O)c1ccccc1)c1nc(cs1)C(=O)NC(=O)N1C[C@H](OC(=O)NCCCC(=O)OC(C)(C)C)[C@H](C)[C@H]1c1nc(cs1)-c1nc(cs1)-c1nc(-c3nc(C(N)=O)cs3)ccc1-c1nc(cs1)C(=O)N[C@H]2CC(N)=O. The number of aryl methyl sites for hydroxylation is 1. The second-order valence-corrected chi connectivity index (χ2v) is 26.0. The number of esters is 1. The molecular formula is C54H52N14O11S6. The first-order chi connectivity index (χ1) is 40.6. The number of benzene rings is 1. The number of pyridine rings is 1. The number of amides is 8. The van der Waals surface area contributed by atoms with Gasteiger partial charge < -0.3 is 46.9 Å². The first kappa shape index (κ1) is 59.8. The highest BCUT2D eigenvalue weighted by Crippen LogP contribution is 2.43. The molecule has 1 saturated heterocycles. The van der Waals surface area contributed by atoms with E-state index in [4.69, 9.17) is 40.9 Å². The van der Waals surface area contributed by atoms with E-state index in [0.717, 1.165) is 45.3 Å². The number of carbonyl (C=O) groups is 8. The van der Waals surface area contributed by atoms with E-state index in [1.165, 1.54) is 43.7 Å². The van der Waals surface area contributed by atoms with Crippen LogP contribution in [-0.2, 0) is 19.1 Å². The summed E-state index contributed by atoms with van der Waals surface area (Å²) in [6, 6.07) is 7.67. The van der Waals surface area contributed by atoms with E-state index < -0.39 is 95.9 Å². The minimum atomic E-state index is -1.43. The van der Waals surface area contributed by atoms with Gasteiger partial charge in [-0.3, -0.25) is 34.1 Å². The van der Waals surface area contributed by atoms with Gasteiger partial charge in [0.2, 0.25) is 5.91 Å². The fourth-order valence-electron chi connectivity index (χ4n) is 9.15. The number of carbonyl (C=O) groups excluding carboxylic acids is 8. The Balaban J connectivity index is 1.03. The fourth-order valence-corrected chi connectivity index (χ4v) is 14.5. The van der Waals surface area contributed by atoms with Crippen LogP contribution in [0.3, 0.4) is 0 Å². The number of aliphatic hydroxyl groups is 1. The molecule has 10 rings (SSSR count). The number of urea groups is 1. The number of hydrogen-bond donors (Lipinski definition) is 7. The van der Waals surface area contributed by atoms with Gasteiger partial charge in [0, 0.05) is 56.2 Å². The van der Waals surface area contributed by atoms with Crippen LogP contribution in [0.1, 0.15) is 139 Å². The summed E-state index contributed by atoms with van der Waals surface area (Å²) in [5.74, 6) is -4.92. The predicted molar refractivity (Wildman–Crippen MR) is 317 cm³/mol. The third-order valence-corrected chi connectivity index (χ3v) is 18.7. The van der Waals surface area contributed by atoms with E-state index in [1.54, 1.807) is 87.8 Å². The van der Waals surface area contributed by atoms with Gasteiger partial charge in [-0.25, -0.2) is 44.5 Å². The largest absolute Gasteiger partial charge is 0.460 e. The molecule has 6 atom stereocenters. The molecule has 2 aliphatic rings. The number of primary amides is 2. The first-order valence-corrected chi connectivity index (χ1v) is 31.3. The molecule has 1 fully saturated rings. The number of rotatable bonds is 11. The average molecular weight is 1270 g/mol. The normalized spacial score (nSPS) is 18.6. The maximum absolute atomic E-state index is 14.6. The highest BCUT2D eigenvalue weighted by atomic mass is 32.1. The van der Waals surface area contributed by atoms with Gasteiger partial charge in [0.25, 0.3) is 23.6 Å². The van der Waals surface area contributed by atoms with Gasteiger partial charge in [0.05, 0.1) is 30.7 Å². The second-order valence-electron chi connectivity index (χ2n) is 20.4. The second kappa shape index (κ2) is 25.1. The van der Waals surface area contributed by atoms with Crippen LogP contribution >= 0.6 is 68.0 Å². The number of imide groups is 1. The van der Waals surface area contributed by atoms with Crippen molar-refractivity contribution in [1.82, 2.24) is 61.1 Å². The number of hydrogen-bond acceptors (Lipinski definition) is 24. The van der Waals surface area contributed by atoms with Gasteiger partial charge >= 0.3 is 18.1 Å². The van der Waals surface area contributed by atoms with Gasteiger partial charge in [0.1, 0.15) is 93.8 Å². The first-order valence-electron chi connectivity index (χ1n) is 26.1. The van der Waals surface area contributed by atoms with Crippen molar-refractivity contribution < 1.29 is 52.9 Å². The van der Waals surface area contributed by atoms with Crippen molar-refractivity contribution >= 4 is 116 Å². The molecule has 31 heteroatoms. The van der Waals surface area contributed by atoms with Crippen molar-refractivity contribution in [3.05, 3.63) is 118 Å². The Labute approximate surface area is 507 Å². The van der Waals surface area contributed by atoms with Crippen molar-refractivity contribution in [3.8, 4) is 43.4 Å². The Kier molecular flexibility index (Phi) is 17.7. The summed E-state index contributed by atoms with van der Waals surface area (Å²) < 4.78 is 11.3. The molecule has 9 N–H and O–H groups in total. The zero-order chi connectivity index (χ0) is 60.4. The zero-order valence-corrected chi connectivity index (χ0v) is 50.5. The van der Waals surface area contributed by atoms with Gasteiger partial charge in [-0.15, -0.1) is 68.0 Å². The molecule has 85 heavy (non-hydrogen) atoms. The van der Waals surface area contributed by atoms with E-state index in [9.17, 15) is 43.5 Å². The molecule has 8 aromatic rings. The summed E-state index contributed by atoms with van der Waals surface area (Å²) in [6.07, 6.45) is -3.24. The summed E-state index contributed by atoms with van der Waals surface area (Å²) >= 11 is 6.69. The summed E-state index contributed by atoms with van der Waals surface area (Å²) in [4.78, 5) is 142. The third kappa shape index (κ3) is 13.6. The third-order valence-electron chi connectivity index (χ3n) is 13.2. The number of aliphatic hydroxyl groups excluding tert-OH is 1. The summed E-state index contributed by atoms with van der Waals surface area (Å²) in [5.41, 5.74) is 12.6. The minimum Gasteiger partial charge on any atom is -0.460 e. The molecule has 10 bridgehead atoms. The van der Waals surface area contributed by atoms with Crippen LogP contribution in [0.25, 0.3) is 43.4 Å². The van der Waals surface area contributed by atoms with Crippen molar-refractivity contribution in [2.75, 3.05) is 13.1 Å². The van der Waals surface area contributed by atoms with Gasteiger partial charge in [-0.2, -0.15) is 0 Å². The lowest BCUT2D eigenvalue weighted by Crippen LogP contribution is -2.43. The summed E-state index contributed by atoms with van der Waals surface area (Å²) in [6.45, 7) is 8.57. The van der Waals surface area contributed by atoms with Gasteiger partial charge in [-0.05, 0) is 51.8 Å². The molecule has 0 unspecified atom stereocenters. The molecule has 0 saturated carbocycles. The maximum atomic E-state index is 14.6. The lowest BCUT2D eigenvalue weighted by atomic mass is 10.0.